The number of hydrogen-bond acceptors (Lipinski definition) is 6. The van der Waals surface area contributed by atoms with Gasteiger partial charge in [0.05, 0.1) is 5.39 Å². The van der Waals surface area contributed by atoms with Gasteiger partial charge in [-0.2, -0.15) is 5.26 Å². The van der Waals surface area contributed by atoms with E-state index in [1.54, 1.807) is 6.07 Å². The molecule has 0 aliphatic heterocycles. The summed E-state index contributed by atoms with van der Waals surface area (Å²) in [7, 11) is 0. The summed E-state index contributed by atoms with van der Waals surface area (Å²) >= 11 is 5.69. The number of fused-ring (bicyclic) bond motifs is 1. The van der Waals surface area contributed by atoms with Crippen molar-refractivity contribution in [2.45, 2.75) is 0 Å². The number of nitrogens with two attached hydrogens (primary N) is 2. The SMILES string of the molecule is N#Cc1c(Cl)nc(N)c2nc(N)[nH]c(=O)c12. The maximum absolute atomic E-state index is 11.6. The van der Waals surface area contributed by atoms with Crippen molar-refractivity contribution in [2.75, 3.05) is 11.5 Å². The first-order chi connectivity index (χ1) is 7.54. The van der Waals surface area contributed by atoms with E-state index in [2.05, 4.69) is 15.0 Å². The summed E-state index contributed by atoms with van der Waals surface area (Å²) in [5.74, 6) is -0.144. The van der Waals surface area contributed by atoms with E-state index in [9.17, 15) is 4.79 Å². The van der Waals surface area contributed by atoms with Gasteiger partial charge in [0, 0.05) is 0 Å². The Bertz CT molecular complexity index is 685. The van der Waals surface area contributed by atoms with Gasteiger partial charge in [-0.25, -0.2) is 9.97 Å². The summed E-state index contributed by atoms with van der Waals surface area (Å²) in [6, 6.07) is 1.77. The highest BCUT2D eigenvalue weighted by molar-refractivity contribution is 6.31. The Morgan fingerprint density at radius 2 is 2.06 bits per heavy atom. The monoisotopic (exact) mass is 236 g/mol. The van der Waals surface area contributed by atoms with Gasteiger partial charge in [-0.15, -0.1) is 0 Å². The number of hydrogen-bond donors (Lipinski definition) is 3. The van der Waals surface area contributed by atoms with Crippen LogP contribution in [0.4, 0.5) is 11.8 Å². The number of nitrogens with one attached hydrogen (secondary N) is 1. The maximum atomic E-state index is 11.6. The molecule has 2 heterocycles. The zero-order valence-electron chi connectivity index (χ0n) is 7.78. The molecule has 2 rings (SSSR count). The Balaban J connectivity index is 3.14. The Kier molecular flexibility index (Phi) is 2.14. The molecule has 0 saturated heterocycles. The molecule has 0 unspecified atom stereocenters. The quantitative estimate of drug-likeness (QED) is 0.552. The molecule has 80 valence electrons. The lowest BCUT2D eigenvalue weighted by molar-refractivity contribution is 1.17. The van der Waals surface area contributed by atoms with Gasteiger partial charge in [-0.3, -0.25) is 9.78 Å². The van der Waals surface area contributed by atoms with Crippen LogP contribution >= 0.6 is 11.6 Å². The fourth-order valence-corrected chi connectivity index (χ4v) is 1.56. The van der Waals surface area contributed by atoms with Crippen molar-refractivity contribution >= 4 is 34.3 Å². The molecule has 5 N–H and O–H groups in total. The van der Waals surface area contributed by atoms with E-state index < -0.39 is 5.56 Å². The van der Waals surface area contributed by atoms with Crippen LogP contribution in [-0.4, -0.2) is 15.0 Å². The van der Waals surface area contributed by atoms with Crippen LogP contribution in [0.15, 0.2) is 4.79 Å². The largest absolute Gasteiger partial charge is 0.382 e. The van der Waals surface area contributed by atoms with E-state index in [0.29, 0.717) is 0 Å². The third-order valence-corrected chi connectivity index (χ3v) is 2.24. The summed E-state index contributed by atoms with van der Waals surface area (Å²) in [5, 5.41) is 8.73. The molecule has 0 bridgehead atoms. The van der Waals surface area contributed by atoms with Gasteiger partial charge in [0.15, 0.2) is 5.82 Å². The number of halogens is 1. The second kappa shape index (κ2) is 3.36. The first-order valence-corrected chi connectivity index (χ1v) is 4.47. The minimum absolute atomic E-state index is 0.00537. The summed E-state index contributed by atoms with van der Waals surface area (Å²) in [6.07, 6.45) is 0. The fourth-order valence-electron chi connectivity index (χ4n) is 1.33. The average Bonchev–Trinajstić information content (AvgIpc) is 2.20. The van der Waals surface area contributed by atoms with Crippen LogP contribution in [0.3, 0.4) is 0 Å². The topological polar surface area (TPSA) is 134 Å². The van der Waals surface area contributed by atoms with Crippen molar-refractivity contribution in [1.82, 2.24) is 15.0 Å². The number of aromatic nitrogens is 3. The number of rotatable bonds is 0. The van der Waals surface area contributed by atoms with Gasteiger partial charge in [-0.1, -0.05) is 11.6 Å². The minimum Gasteiger partial charge on any atom is -0.382 e. The van der Waals surface area contributed by atoms with Gasteiger partial charge >= 0.3 is 0 Å². The van der Waals surface area contributed by atoms with Gasteiger partial charge < -0.3 is 11.5 Å². The molecule has 0 fully saturated rings. The molecule has 0 aromatic carbocycles. The highest BCUT2D eigenvalue weighted by Gasteiger charge is 2.15. The molecule has 2 aromatic heterocycles. The molecule has 0 saturated carbocycles. The zero-order chi connectivity index (χ0) is 11.9. The van der Waals surface area contributed by atoms with Crippen molar-refractivity contribution in [3.8, 4) is 6.07 Å². The van der Waals surface area contributed by atoms with E-state index in [1.165, 1.54) is 0 Å². The molecule has 0 radical (unpaired) electrons. The summed E-state index contributed by atoms with van der Waals surface area (Å²) in [5.41, 5.74) is 10.3. The summed E-state index contributed by atoms with van der Waals surface area (Å²) in [4.78, 5) is 21.4. The second-order valence-corrected chi connectivity index (χ2v) is 3.31. The molecule has 0 aliphatic carbocycles. The van der Waals surface area contributed by atoms with E-state index >= 15 is 0 Å². The van der Waals surface area contributed by atoms with Crippen LogP contribution in [0.1, 0.15) is 5.56 Å². The molecular weight excluding hydrogens is 232 g/mol. The molecule has 0 atom stereocenters. The molecule has 16 heavy (non-hydrogen) atoms. The lowest BCUT2D eigenvalue weighted by Crippen LogP contribution is -2.14. The maximum Gasteiger partial charge on any atom is 0.261 e. The molecule has 7 nitrogen and oxygen atoms in total. The van der Waals surface area contributed by atoms with Gasteiger partial charge in [0.1, 0.15) is 22.3 Å². The molecular formula is C8H5ClN6O. The lowest BCUT2D eigenvalue weighted by atomic mass is 10.2. The third kappa shape index (κ3) is 1.32. The predicted molar refractivity (Wildman–Crippen MR) is 58.7 cm³/mol. The normalized spacial score (nSPS) is 10.2. The van der Waals surface area contributed by atoms with Crippen molar-refractivity contribution in [1.29, 1.82) is 5.26 Å². The van der Waals surface area contributed by atoms with Gasteiger partial charge in [0.2, 0.25) is 5.95 Å². The Labute approximate surface area is 93.7 Å². The van der Waals surface area contributed by atoms with Crippen LogP contribution in [0.5, 0.6) is 0 Å². The molecule has 0 spiro atoms. The lowest BCUT2D eigenvalue weighted by Gasteiger charge is -2.04. The van der Waals surface area contributed by atoms with Gasteiger partial charge in [-0.05, 0) is 0 Å². The average molecular weight is 237 g/mol. The van der Waals surface area contributed by atoms with E-state index in [0.717, 1.165) is 0 Å². The van der Waals surface area contributed by atoms with Crippen molar-refractivity contribution in [3.63, 3.8) is 0 Å². The fraction of sp³-hybridized carbons (Fsp3) is 0. The van der Waals surface area contributed by atoms with Crippen LogP contribution in [0, 0.1) is 11.3 Å². The molecule has 0 amide bonds. The zero-order valence-corrected chi connectivity index (χ0v) is 8.54. The van der Waals surface area contributed by atoms with Crippen LogP contribution in [0.25, 0.3) is 10.9 Å². The molecule has 8 heteroatoms. The first kappa shape index (κ1) is 10.2. The summed E-state index contributed by atoms with van der Waals surface area (Å²) in [6.45, 7) is 0. The smallest absolute Gasteiger partial charge is 0.261 e. The highest BCUT2D eigenvalue weighted by Crippen LogP contribution is 2.23. The number of nitrogen functional groups attached to an aromatic ring is 2. The number of nitriles is 1. The second-order valence-electron chi connectivity index (χ2n) is 2.95. The van der Waals surface area contributed by atoms with Crippen LogP contribution < -0.4 is 17.0 Å². The number of pyridine rings is 1. The third-order valence-electron chi connectivity index (χ3n) is 1.97. The Morgan fingerprint density at radius 3 is 2.69 bits per heavy atom. The van der Waals surface area contributed by atoms with Crippen molar-refractivity contribution in [3.05, 3.63) is 21.1 Å². The van der Waals surface area contributed by atoms with Crippen molar-refractivity contribution in [2.24, 2.45) is 0 Å². The van der Waals surface area contributed by atoms with Crippen LogP contribution in [0.2, 0.25) is 5.15 Å². The standard InChI is InChI=1S/C8H5ClN6O/c9-5-2(1-10)3-4(6(11)14-5)13-8(12)15-7(3)16/h(H2,11,14)(H3,12,13,15,16). The number of H-pyrrole nitrogens is 1. The number of aromatic amines is 1. The van der Waals surface area contributed by atoms with E-state index in [1.807, 2.05) is 0 Å². The van der Waals surface area contributed by atoms with E-state index in [4.69, 9.17) is 28.3 Å². The molecule has 0 aliphatic rings. The Hall–Kier alpha value is -2.33. The molecule has 2 aromatic rings. The number of nitrogens with zero attached hydrogens (tertiary/aromatic N) is 3. The van der Waals surface area contributed by atoms with Gasteiger partial charge in [0.25, 0.3) is 5.56 Å². The van der Waals surface area contributed by atoms with E-state index in [-0.39, 0.29) is 33.4 Å². The highest BCUT2D eigenvalue weighted by atomic mass is 35.5. The summed E-state index contributed by atoms with van der Waals surface area (Å²) < 4.78 is 0. The van der Waals surface area contributed by atoms with Crippen molar-refractivity contribution < 1.29 is 0 Å². The predicted octanol–water partition coefficient (Wildman–Crippen LogP) is 0.00758. The minimum atomic E-state index is -0.574. The first-order valence-electron chi connectivity index (χ1n) is 4.09. The van der Waals surface area contributed by atoms with Crippen LogP contribution in [-0.2, 0) is 0 Å². The number of anilines is 2. The Morgan fingerprint density at radius 1 is 1.38 bits per heavy atom.